The Morgan fingerprint density at radius 1 is 1.05 bits per heavy atom. The highest BCUT2D eigenvalue weighted by Crippen LogP contribution is 2.41. The van der Waals surface area contributed by atoms with Crippen LogP contribution in [0.25, 0.3) is 22.8 Å². The molecule has 3 aliphatic rings. The number of nitrogens with zero attached hydrogens (tertiary/aromatic N) is 2. The number of rotatable bonds is 4. The predicted molar refractivity (Wildman–Crippen MR) is 150 cm³/mol. The number of aromatic amines is 1. The molecule has 2 amide bonds. The second-order valence-corrected chi connectivity index (χ2v) is 10.6. The molecule has 8 heteroatoms. The fourth-order valence-corrected chi connectivity index (χ4v) is 6.20. The fourth-order valence-electron chi connectivity index (χ4n) is 6.20. The molecule has 2 saturated heterocycles. The summed E-state index contributed by atoms with van der Waals surface area (Å²) in [6, 6.07) is 12.5. The van der Waals surface area contributed by atoms with Crippen LogP contribution in [0.4, 0.5) is 10.1 Å². The summed E-state index contributed by atoms with van der Waals surface area (Å²) in [6.45, 7) is 8.78. The van der Waals surface area contributed by atoms with Crippen LogP contribution in [-0.4, -0.2) is 72.0 Å². The Bertz CT molecular complexity index is 1460. The summed E-state index contributed by atoms with van der Waals surface area (Å²) in [6.07, 6.45) is 3.74. The normalized spacial score (nSPS) is 19.4. The Morgan fingerprint density at radius 2 is 1.79 bits per heavy atom. The number of anilines is 1. The van der Waals surface area contributed by atoms with Gasteiger partial charge in [0, 0.05) is 54.9 Å². The number of morpholine rings is 1. The summed E-state index contributed by atoms with van der Waals surface area (Å²) >= 11 is 0. The van der Waals surface area contributed by atoms with Crippen molar-refractivity contribution in [2.24, 2.45) is 0 Å². The third kappa shape index (κ3) is 4.79. The molecule has 2 N–H and O–H groups in total. The Hall–Kier alpha value is -3.75. The van der Waals surface area contributed by atoms with Gasteiger partial charge >= 0.3 is 0 Å². The molecule has 0 spiro atoms. The fraction of sp³-hybridized carbons (Fsp3) is 0.355. The van der Waals surface area contributed by atoms with Crippen molar-refractivity contribution in [3.05, 3.63) is 76.4 Å². The molecule has 39 heavy (non-hydrogen) atoms. The van der Waals surface area contributed by atoms with Crippen LogP contribution in [0, 0.1) is 19.7 Å². The number of hydrogen-bond acceptors (Lipinski definition) is 4. The molecule has 0 bridgehead atoms. The van der Waals surface area contributed by atoms with Crippen LogP contribution < -0.4 is 5.32 Å². The lowest BCUT2D eigenvalue weighted by Gasteiger charge is -2.40. The second kappa shape index (κ2) is 10.4. The largest absolute Gasteiger partial charge is 0.379 e. The summed E-state index contributed by atoms with van der Waals surface area (Å²) in [5, 5.41) is 2.94. The van der Waals surface area contributed by atoms with E-state index in [9.17, 15) is 14.0 Å². The smallest absolute Gasteiger partial charge is 0.256 e. The number of H-pyrrole nitrogens is 1. The van der Waals surface area contributed by atoms with Gasteiger partial charge in [-0.25, -0.2) is 4.39 Å². The Kier molecular flexibility index (Phi) is 6.83. The van der Waals surface area contributed by atoms with Gasteiger partial charge in [-0.3, -0.25) is 14.5 Å². The van der Waals surface area contributed by atoms with E-state index in [1.807, 2.05) is 49.1 Å². The van der Waals surface area contributed by atoms with Gasteiger partial charge in [-0.1, -0.05) is 24.3 Å². The monoisotopic (exact) mass is 528 g/mol. The molecular weight excluding hydrogens is 495 g/mol. The first kappa shape index (κ1) is 25.5. The molecule has 3 aliphatic heterocycles. The van der Waals surface area contributed by atoms with Gasteiger partial charge in [0.05, 0.1) is 24.4 Å². The number of likely N-dealkylation sites (tertiary alicyclic amines) is 1. The third-order valence-electron chi connectivity index (χ3n) is 8.25. The molecule has 202 valence electrons. The first-order chi connectivity index (χ1) is 18.9. The number of piperidine rings is 1. The van der Waals surface area contributed by atoms with Gasteiger partial charge in [-0.15, -0.1) is 0 Å². The molecule has 7 nitrogen and oxygen atoms in total. The number of nitrogens with one attached hydrogen (secondary N) is 2. The number of benzene rings is 2. The molecule has 4 heterocycles. The Labute approximate surface area is 227 Å². The molecule has 3 aromatic rings. The molecule has 0 radical (unpaired) electrons. The highest BCUT2D eigenvalue weighted by atomic mass is 19.1. The maximum absolute atomic E-state index is 14.0. The zero-order valence-corrected chi connectivity index (χ0v) is 22.4. The van der Waals surface area contributed by atoms with Gasteiger partial charge in [-0.05, 0) is 67.7 Å². The van der Waals surface area contributed by atoms with Crippen molar-refractivity contribution in [3.63, 3.8) is 0 Å². The summed E-state index contributed by atoms with van der Waals surface area (Å²) in [5.41, 5.74) is 6.39. The SMILES string of the molecule is Cc1[nH]c(/C=C2\C(=O)Nc3cccc(-c4cccc(F)c4)c32)c(C)c1C(=O)N1CCC(N2CCOCC2)CC1. The van der Waals surface area contributed by atoms with Gasteiger partial charge in [0.2, 0.25) is 0 Å². The minimum Gasteiger partial charge on any atom is -0.379 e. The highest BCUT2D eigenvalue weighted by Gasteiger charge is 2.31. The number of hydrogen-bond donors (Lipinski definition) is 2. The number of aromatic nitrogens is 1. The standard InChI is InChI=1S/C31H33FN4O3/c1-19-27(18-25-29-24(21-5-3-6-22(32)17-21)7-4-8-26(29)34-30(25)37)33-20(2)28(19)31(38)36-11-9-23(10-12-36)35-13-15-39-16-14-35/h3-8,17-18,23,33H,9-16H2,1-2H3,(H,34,37)/b25-18-. The van der Waals surface area contributed by atoms with Gasteiger partial charge in [-0.2, -0.15) is 0 Å². The van der Waals surface area contributed by atoms with E-state index in [0.717, 1.165) is 80.3 Å². The molecule has 1 aromatic heterocycles. The van der Waals surface area contributed by atoms with Gasteiger partial charge in [0.25, 0.3) is 11.8 Å². The van der Waals surface area contributed by atoms with E-state index in [2.05, 4.69) is 15.2 Å². The van der Waals surface area contributed by atoms with Gasteiger partial charge < -0.3 is 19.9 Å². The van der Waals surface area contributed by atoms with Crippen molar-refractivity contribution in [3.8, 4) is 11.1 Å². The van der Waals surface area contributed by atoms with Gasteiger partial charge in [0.1, 0.15) is 5.82 Å². The summed E-state index contributed by atoms with van der Waals surface area (Å²) in [5.74, 6) is -0.525. The van der Waals surface area contributed by atoms with Gasteiger partial charge in [0.15, 0.2) is 0 Å². The van der Waals surface area contributed by atoms with E-state index in [1.54, 1.807) is 6.07 Å². The maximum atomic E-state index is 14.0. The van der Waals surface area contributed by atoms with E-state index >= 15 is 0 Å². The van der Waals surface area contributed by atoms with Crippen molar-refractivity contribution in [1.29, 1.82) is 0 Å². The lowest BCUT2D eigenvalue weighted by molar-refractivity contribution is -0.110. The van der Waals surface area contributed by atoms with E-state index in [0.29, 0.717) is 28.4 Å². The first-order valence-corrected chi connectivity index (χ1v) is 13.6. The summed E-state index contributed by atoms with van der Waals surface area (Å²) < 4.78 is 19.5. The third-order valence-corrected chi connectivity index (χ3v) is 8.25. The van der Waals surface area contributed by atoms with E-state index in [4.69, 9.17) is 4.74 Å². The zero-order valence-electron chi connectivity index (χ0n) is 22.4. The number of carbonyl (C=O) groups excluding carboxylic acids is 2. The number of halogens is 1. The van der Waals surface area contributed by atoms with Crippen LogP contribution in [0.15, 0.2) is 42.5 Å². The van der Waals surface area contributed by atoms with E-state index in [-0.39, 0.29) is 17.6 Å². The molecule has 0 unspecified atom stereocenters. The van der Waals surface area contributed by atoms with Crippen LogP contribution in [0.5, 0.6) is 0 Å². The first-order valence-electron chi connectivity index (χ1n) is 13.6. The molecule has 6 rings (SSSR count). The summed E-state index contributed by atoms with van der Waals surface area (Å²) in [7, 11) is 0. The number of carbonyl (C=O) groups is 2. The van der Waals surface area contributed by atoms with Crippen LogP contribution in [-0.2, 0) is 9.53 Å². The molecular formula is C31H33FN4O3. The minimum atomic E-state index is -0.333. The van der Waals surface area contributed by atoms with Crippen LogP contribution in [0.3, 0.4) is 0 Å². The highest BCUT2D eigenvalue weighted by molar-refractivity contribution is 6.36. The van der Waals surface area contributed by atoms with Crippen molar-refractivity contribution < 1.29 is 18.7 Å². The zero-order chi connectivity index (χ0) is 27.1. The van der Waals surface area contributed by atoms with E-state index < -0.39 is 0 Å². The number of ether oxygens (including phenoxy) is 1. The Morgan fingerprint density at radius 3 is 2.54 bits per heavy atom. The average Bonchev–Trinajstić information content (AvgIpc) is 3.42. The van der Waals surface area contributed by atoms with Crippen LogP contribution >= 0.6 is 0 Å². The average molecular weight is 529 g/mol. The van der Waals surface area contributed by atoms with Crippen molar-refractivity contribution in [2.75, 3.05) is 44.7 Å². The minimum absolute atomic E-state index is 0.0306. The quantitative estimate of drug-likeness (QED) is 0.474. The van der Waals surface area contributed by atoms with Crippen molar-refractivity contribution in [1.82, 2.24) is 14.8 Å². The topological polar surface area (TPSA) is 77.7 Å². The molecule has 0 aliphatic carbocycles. The van der Waals surface area contributed by atoms with Crippen molar-refractivity contribution >= 4 is 29.2 Å². The lowest BCUT2D eigenvalue weighted by atomic mass is 9.94. The molecule has 2 fully saturated rings. The maximum Gasteiger partial charge on any atom is 0.256 e. The molecule has 0 atom stereocenters. The molecule has 2 aromatic carbocycles. The van der Waals surface area contributed by atoms with E-state index in [1.165, 1.54) is 12.1 Å². The Balaban J connectivity index is 1.27. The van der Waals surface area contributed by atoms with Crippen molar-refractivity contribution in [2.45, 2.75) is 32.7 Å². The number of fused-ring (bicyclic) bond motifs is 1. The molecule has 0 saturated carbocycles. The lowest BCUT2D eigenvalue weighted by Crippen LogP contribution is -2.50. The van der Waals surface area contributed by atoms with Crippen LogP contribution in [0.2, 0.25) is 0 Å². The summed E-state index contributed by atoms with van der Waals surface area (Å²) in [4.78, 5) is 34.5. The van der Waals surface area contributed by atoms with Crippen LogP contribution in [0.1, 0.15) is 45.7 Å². The number of aryl methyl sites for hydroxylation is 1. The predicted octanol–water partition coefficient (Wildman–Crippen LogP) is 4.87. The second-order valence-electron chi connectivity index (χ2n) is 10.6. The number of amides is 2.